The lowest BCUT2D eigenvalue weighted by atomic mass is 10.4. The van der Waals surface area contributed by atoms with Gasteiger partial charge in [0.1, 0.15) is 5.82 Å². The number of halogens is 2. The minimum Gasteiger partial charge on any atom is -0.474 e. The Balaban J connectivity index is 0.00000196. The number of hydrogen-bond donors (Lipinski definition) is 2. The molecule has 1 aromatic rings. The molecule has 0 radical (unpaired) electrons. The van der Waals surface area contributed by atoms with Crippen molar-refractivity contribution in [3.05, 3.63) is 5.82 Å². The average molecular weight is 271 g/mol. The van der Waals surface area contributed by atoms with E-state index in [-0.39, 0.29) is 19.0 Å². The van der Waals surface area contributed by atoms with Gasteiger partial charge in [-0.05, 0) is 11.6 Å². The summed E-state index contributed by atoms with van der Waals surface area (Å²) in [4.78, 5) is 14.2. The van der Waals surface area contributed by atoms with Gasteiger partial charge in [0, 0.05) is 18.0 Å². The Kier molecular flexibility index (Phi) is 6.14. The molecule has 0 aliphatic carbocycles. The van der Waals surface area contributed by atoms with Crippen LogP contribution in [-0.4, -0.2) is 27.1 Å². The molecule has 1 rings (SSSR count). The third-order valence-electron chi connectivity index (χ3n) is 1.23. The van der Waals surface area contributed by atoms with Crippen LogP contribution in [0.1, 0.15) is 5.82 Å². The molecule has 15 heavy (non-hydrogen) atoms. The molecule has 0 spiro atoms. The SMILES string of the molecule is Cl.N=C(OCCc1nsc(N)n1)C(=O)Cl. The van der Waals surface area contributed by atoms with Crippen molar-refractivity contribution in [1.29, 1.82) is 5.41 Å². The molecule has 0 aliphatic rings. The van der Waals surface area contributed by atoms with Crippen LogP contribution in [0.15, 0.2) is 0 Å². The number of hydrogen-bond acceptors (Lipinski definition) is 7. The van der Waals surface area contributed by atoms with Gasteiger partial charge in [-0.3, -0.25) is 10.2 Å². The summed E-state index contributed by atoms with van der Waals surface area (Å²) in [6, 6.07) is 0. The predicted octanol–water partition coefficient (Wildman–Crippen LogP) is 0.844. The number of carbonyl (C=O) groups excluding carboxylic acids is 1. The highest BCUT2D eigenvalue weighted by Crippen LogP contribution is 2.05. The summed E-state index contributed by atoms with van der Waals surface area (Å²) < 4.78 is 8.60. The van der Waals surface area contributed by atoms with Crippen LogP contribution in [0.3, 0.4) is 0 Å². The van der Waals surface area contributed by atoms with Crippen LogP contribution in [0.5, 0.6) is 0 Å². The summed E-state index contributed by atoms with van der Waals surface area (Å²) in [5, 5.41) is 6.41. The number of nitrogens with two attached hydrogens (primary N) is 1. The molecule has 84 valence electrons. The molecule has 0 saturated heterocycles. The molecule has 3 N–H and O–H groups in total. The van der Waals surface area contributed by atoms with Crippen LogP contribution in [0, 0.1) is 5.41 Å². The van der Waals surface area contributed by atoms with E-state index >= 15 is 0 Å². The van der Waals surface area contributed by atoms with Crippen molar-refractivity contribution in [2.45, 2.75) is 6.42 Å². The Hall–Kier alpha value is -0.920. The van der Waals surface area contributed by atoms with Crippen LogP contribution < -0.4 is 5.73 Å². The number of carbonyl (C=O) groups is 1. The largest absolute Gasteiger partial charge is 0.474 e. The van der Waals surface area contributed by atoms with Crippen molar-refractivity contribution >= 4 is 51.8 Å². The maximum atomic E-state index is 10.4. The highest BCUT2D eigenvalue weighted by Gasteiger charge is 2.07. The van der Waals surface area contributed by atoms with Gasteiger partial charge in [-0.25, -0.2) is 4.98 Å². The first-order valence-electron chi connectivity index (χ1n) is 3.59. The summed E-state index contributed by atoms with van der Waals surface area (Å²) in [6.07, 6.45) is 0.389. The third kappa shape index (κ3) is 4.91. The first kappa shape index (κ1) is 14.1. The van der Waals surface area contributed by atoms with E-state index in [9.17, 15) is 4.79 Å². The topological polar surface area (TPSA) is 102 Å². The Labute approximate surface area is 101 Å². The van der Waals surface area contributed by atoms with Gasteiger partial charge in [-0.2, -0.15) is 4.37 Å². The number of rotatable bonds is 4. The molecule has 0 fully saturated rings. The Bertz CT molecular complexity index is 357. The van der Waals surface area contributed by atoms with Crippen molar-refractivity contribution in [2.24, 2.45) is 0 Å². The normalized spacial score (nSPS) is 9.13. The highest BCUT2D eigenvalue weighted by molar-refractivity contribution is 7.09. The zero-order chi connectivity index (χ0) is 10.6. The van der Waals surface area contributed by atoms with Crippen LogP contribution in [-0.2, 0) is 16.0 Å². The highest BCUT2D eigenvalue weighted by atomic mass is 35.5. The first-order chi connectivity index (χ1) is 6.59. The lowest BCUT2D eigenvalue weighted by molar-refractivity contribution is -0.107. The molecule has 0 unspecified atom stereocenters. The fraction of sp³-hybridized carbons (Fsp3) is 0.333. The Morgan fingerprint density at radius 3 is 2.80 bits per heavy atom. The van der Waals surface area contributed by atoms with Gasteiger partial charge in [-0.15, -0.1) is 12.4 Å². The van der Waals surface area contributed by atoms with Crippen LogP contribution in [0.4, 0.5) is 5.13 Å². The zero-order valence-electron chi connectivity index (χ0n) is 7.40. The zero-order valence-corrected chi connectivity index (χ0v) is 9.79. The van der Waals surface area contributed by atoms with Crippen molar-refractivity contribution in [3.63, 3.8) is 0 Å². The molecule has 0 aromatic carbocycles. The summed E-state index contributed by atoms with van der Waals surface area (Å²) in [5.41, 5.74) is 5.34. The van der Waals surface area contributed by atoms with E-state index in [0.717, 1.165) is 11.5 Å². The van der Waals surface area contributed by atoms with Crippen LogP contribution in [0.2, 0.25) is 0 Å². The van der Waals surface area contributed by atoms with Gasteiger partial charge < -0.3 is 10.5 Å². The first-order valence-corrected chi connectivity index (χ1v) is 4.74. The van der Waals surface area contributed by atoms with E-state index in [4.69, 9.17) is 27.5 Å². The summed E-state index contributed by atoms with van der Waals surface area (Å²) in [7, 11) is 0. The fourth-order valence-corrected chi connectivity index (χ4v) is 1.20. The van der Waals surface area contributed by atoms with Gasteiger partial charge in [-0.1, -0.05) is 0 Å². The molecule has 0 bridgehead atoms. The van der Waals surface area contributed by atoms with Gasteiger partial charge in [0.15, 0.2) is 5.13 Å². The molecular formula is C6H8Cl2N4O2S. The monoisotopic (exact) mass is 270 g/mol. The van der Waals surface area contributed by atoms with Crippen molar-refractivity contribution in [1.82, 2.24) is 9.36 Å². The average Bonchev–Trinajstić information content (AvgIpc) is 2.51. The molecule has 0 aliphatic heterocycles. The van der Waals surface area contributed by atoms with E-state index in [1.165, 1.54) is 0 Å². The molecule has 0 saturated carbocycles. The predicted molar refractivity (Wildman–Crippen MR) is 59.8 cm³/mol. The fourth-order valence-electron chi connectivity index (χ4n) is 0.670. The van der Waals surface area contributed by atoms with Gasteiger partial charge in [0.2, 0.25) is 0 Å². The van der Waals surface area contributed by atoms with E-state index in [2.05, 4.69) is 9.36 Å². The third-order valence-corrected chi connectivity index (χ3v) is 1.99. The van der Waals surface area contributed by atoms with Gasteiger partial charge in [0.05, 0.1) is 6.61 Å². The summed E-state index contributed by atoms with van der Waals surface area (Å²) in [6.45, 7) is 0.132. The van der Waals surface area contributed by atoms with E-state index in [0.29, 0.717) is 17.4 Å². The molecule has 9 heteroatoms. The standard InChI is InChI=1S/C6H7ClN4O2S.ClH/c7-4(12)5(8)13-2-1-3-10-6(9)14-11-3;/h8H,1-2H2,(H2,9,10,11);1H. The maximum Gasteiger partial charge on any atom is 0.306 e. The second-order valence-corrected chi connectivity index (χ2v) is 3.38. The minimum atomic E-state index is -0.921. The lowest BCUT2D eigenvalue weighted by Crippen LogP contribution is -2.13. The van der Waals surface area contributed by atoms with Crippen molar-refractivity contribution in [2.75, 3.05) is 12.3 Å². The molecular weight excluding hydrogens is 263 g/mol. The van der Waals surface area contributed by atoms with E-state index in [1.807, 2.05) is 0 Å². The molecule has 0 atom stereocenters. The van der Waals surface area contributed by atoms with Crippen LogP contribution in [0.25, 0.3) is 0 Å². The second-order valence-electron chi connectivity index (χ2n) is 2.25. The van der Waals surface area contributed by atoms with Crippen molar-refractivity contribution < 1.29 is 9.53 Å². The van der Waals surface area contributed by atoms with Gasteiger partial charge >= 0.3 is 5.24 Å². The maximum absolute atomic E-state index is 10.4. The second kappa shape index (κ2) is 6.54. The van der Waals surface area contributed by atoms with E-state index < -0.39 is 11.1 Å². The lowest BCUT2D eigenvalue weighted by Gasteiger charge is -2.00. The van der Waals surface area contributed by atoms with Crippen molar-refractivity contribution in [3.8, 4) is 0 Å². The number of aromatic nitrogens is 2. The Morgan fingerprint density at radius 1 is 1.67 bits per heavy atom. The van der Waals surface area contributed by atoms with E-state index in [1.54, 1.807) is 0 Å². The summed E-state index contributed by atoms with van der Waals surface area (Å²) >= 11 is 6.06. The number of anilines is 1. The number of nitrogen functional groups attached to an aromatic ring is 1. The number of nitrogens with zero attached hydrogens (tertiary/aromatic N) is 2. The Morgan fingerprint density at radius 2 is 2.33 bits per heavy atom. The smallest absolute Gasteiger partial charge is 0.306 e. The molecule has 6 nitrogen and oxygen atoms in total. The minimum absolute atomic E-state index is 0. The molecule has 1 heterocycles. The molecule has 1 aromatic heterocycles. The van der Waals surface area contributed by atoms with Crippen LogP contribution >= 0.6 is 35.5 Å². The molecule has 0 amide bonds. The number of ether oxygens (including phenoxy) is 1. The summed E-state index contributed by atoms with van der Waals surface area (Å²) in [5.74, 6) is -0.0443. The van der Waals surface area contributed by atoms with Gasteiger partial charge in [0.25, 0.3) is 5.90 Å². The quantitative estimate of drug-likeness (QED) is 0.480. The number of nitrogens with one attached hydrogen (secondary N) is 1.